The van der Waals surface area contributed by atoms with Crippen LogP contribution in [-0.2, 0) is 4.79 Å². The zero-order valence-electron chi connectivity index (χ0n) is 4.76. The van der Waals surface area contributed by atoms with E-state index in [-0.39, 0.29) is 0 Å². The number of hydrogen-bond acceptors (Lipinski definition) is 1. The van der Waals surface area contributed by atoms with Crippen molar-refractivity contribution >= 4 is 6.29 Å². The predicted octanol–water partition coefficient (Wildman–Crippen LogP) is 1.50. The Morgan fingerprint density at radius 1 is 1.62 bits per heavy atom. The molecule has 0 N–H and O–H groups in total. The largest absolute Gasteiger partial charge is 0.298 e. The van der Waals surface area contributed by atoms with Crippen LogP contribution >= 0.6 is 0 Å². The molecule has 1 radical (unpaired) electrons. The average Bonchev–Trinajstić information content (AvgIpc) is 1.90. The zero-order chi connectivity index (χ0) is 5.82. The molecule has 1 heteroatoms. The van der Waals surface area contributed by atoms with Gasteiger partial charge in [-0.25, -0.2) is 0 Å². The first-order valence-electron chi connectivity index (χ1n) is 2.91. The molecule has 1 aliphatic carbocycles. The standard InChI is InChI=1S/C7H9O/c8-6-7-4-2-1-3-5-7/h2,4,6H,1,3,5H2. The van der Waals surface area contributed by atoms with E-state index in [0.29, 0.717) is 0 Å². The lowest BCUT2D eigenvalue weighted by Gasteiger charge is -2.04. The summed E-state index contributed by atoms with van der Waals surface area (Å²) in [6, 6.07) is 0. The summed E-state index contributed by atoms with van der Waals surface area (Å²) in [6.07, 6.45) is 8.15. The minimum atomic E-state index is 0.940. The van der Waals surface area contributed by atoms with Gasteiger partial charge in [0.05, 0.1) is 0 Å². The molecule has 0 saturated carbocycles. The highest BCUT2D eigenvalue weighted by Gasteiger charge is 1.99. The quantitative estimate of drug-likeness (QED) is 0.466. The Balaban J connectivity index is 2.49. The van der Waals surface area contributed by atoms with E-state index in [1.165, 1.54) is 0 Å². The van der Waals surface area contributed by atoms with Crippen LogP contribution in [-0.4, -0.2) is 6.29 Å². The van der Waals surface area contributed by atoms with Gasteiger partial charge in [-0.1, -0.05) is 6.08 Å². The fourth-order valence-electron chi connectivity index (χ4n) is 0.840. The minimum absolute atomic E-state index is 0.940. The van der Waals surface area contributed by atoms with Crippen LogP contribution in [0.1, 0.15) is 19.3 Å². The lowest BCUT2D eigenvalue weighted by molar-refractivity contribution is -0.105. The van der Waals surface area contributed by atoms with Crippen molar-refractivity contribution in [3.8, 4) is 0 Å². The van der Waals surface area contributed by atoms with Crippen molar-refractivity contribution in [1.82, 2.24) is 0 Å². The summed E-state index contributed by atoms with van der Waals surface area (Å²) in [6.45, 7) is 0. The Morgan fingerprint density at radius 3 is 2.88 bits per heavy atom. The third-order valence-electron chi connectivity index (χ3n) is 1.32. The van der Waals surface area contributed by atoms with Crippen molar-refractivity contribution < 1.29 is 4.79 Å². The molecule has 43 valence electrons. The first-order chi connectivity index (χ1) is 3.93. The summed E-state index contributed by atoms with van der Waals surface area (Å²) in [4.78, 5) is 10.1. The third kappa shape index (κ3) is 1.19. The van der Waals surface area contributed by atoms with Crippen LogP contribution in [0.15, 0.2) is 11.6 Å². The highest BCUT2D eigenvalue weighted by Crippen LogP contribution is 2.13. The van der Waals surface area contributed by atoms with Crippen LogP contribution in [0.4, 0.5) is 0 Å². The van der Waals surface area contributed by atoms with E-state index in [1.54, 1.807) is 0 Å². The van der Waals surface area contributed by atoms with Gasteiger partial charge >= 0.3 is 0 Å². The van der Waals surface area contributed by atoms with Crippen molar-refractivity contribution in [3.05, 3.63) is 18.1 Å². The van der Waals surface area contributed by atoms with Crippen LogP contribution in [0, 0.1) is 6.42 Å². The van der Waals surface area contributed by atoms with E-state index in [2.05, 4.69) is 0 Å². The molecular weight excluding hydrogens is 100 g/mol. The van der Waals surface area contributed by atoms with E-state index in [1.807, 2.05) is 12.5 Å². The Labute approximate surface area is 49.4 Å². The lowest BCUT2D eigenvalue weighted by Crippen LogP contribution is -1.91. The lowest BCUT2D eigenvalue weighted by atomic mass is 10.0. The highest BCUT2D eigenvalue weighted by molar-refractivity contribution is 5.73. The summed E-state index contributed by atoms with van der Waals surface area (Å²) in [5.41, 5.74) is 0.941. The van der Waals surface area contributed by atoms with Gasteiger partial charge in [0.2, 0.25) is 0 Å². The summed E-state index contributed by atoms with van der Waals surface area (Å²) >= 11 is 0. The molecule has 0 aromatic heterocycles. The summed E-state index contributed by atoms with van der Waals surface area (Å²) in [5.74, 6) is 0. The Hall–Kier alpha value is -0.590. The number of carbonyl (C=O) groups excluding carboxylic acids is 1. The van der Waals surface area contributed by atoms with E-state index >= 15 is 0 Å². The molecule has 0 saturated heterocycles. The molecule has 1 aliphatic rings. The maximum absolute atomic E-state index is 10.1. The summed E-state index contributed by atoms with van der Waals surface area (Å²) in [5, 5.41) is 0. The molecule has 0 spiro atoms. The number of rotatable bonds is 1. The van der Waals surface area contributed by atoms with Gasteiger partial charge in [-0.2, -0.15) is 0 Å². The van der Waals surface area contributed by atoms with Gasteiger partial charge in [0.1, 0.15) is 6.29 Å². The van der Waals surface area contributed by atoms with Gasteiger partial charge in [0, 0.05) is 0 Å². The van der Waals surface area contributed by atoms with E-state index in [0.717, 1.165) is 31.1 Å². The second-order valence-electron chi connectivity index (χ2n) is 1.99. The number of carbonyl (C=O) groups is 1. The molecule has 0 aliphatic heterocycles. The molecule has 1 nitrogen and oxygen atoms in total. The molecule has 1 rings (SSSR count). The molecule has 0 atom stereocenters. The minimum Gasteiger partial charge on any atom is -0.298 e. The molecular formula is C7H9O. The normalized spacial score (nSPS) is 19.8. The summed E-state index contributed by atoms with van der Waals surface area (Å²) < 4.78 is 0. The molecule has 0 bridgehead atoms. The number of aldehydes is 1. The molecule has 0 fully saturated rings. The maximum atomic E-state index is 10.1. The molecule has 0 unspecified atom stereocenters. The van der Waals surface area contributed by atoms with Crippen LogP contribution in [0.5, 0.6) is 0 Å². The fraction of sp³-hybridized carbons (Fsp3) is 0.429. The average molecular weight is 109 g/mol. The first kappa shape index (κ1) is 5.54. The van der Waals surface area contributed by atoms with E-state index in [9.17, 15) is 4.79 Å². The maximum Gasteiger partial charge on any atom is 0.145 e. The van der Waals surface area contributed by atoms with Crippen LogP contribution < -0.4 is 0 Å². The van der Waals surface area contributed by atoms with Crippen LogP contribution in [0.3, 0.4) is 0 Å². The molecule has 0 amide bonds. The Morgan fingerprint density at radius 2 is 2.50 bits per heavy atom. The van der Waals surface area contributed by atoms with Crippen LogP contribution in [0.2, 0.25) is 0 Å². The second-order valence-corrected chi connectivity index (χ2v) is 1.99. The van der Waals surface area contributed by atoms with Crippen molar-refractivity contribution in [1.29, 1.82) is 0 Å². The SMILES string of the molecule is O=CC1=C[CH]CCC1. The summed E-state index contributed by atoms with van der Waals surface area (Å²) in [7, 11) is 0. The number of hydrogen-bond donors (Lipinski definition) is 0. The third-order valence-corrected chi connectivity index (χ3v) is 1.32. The smallest absolute Gasteiger partial charge is 0.145 e. The van der Waals surface area contributed by atoms with Crippen molar-refractivity contribution in [2.75, 3.05) is 0 Å². The zero-order valence-corrected chi connectivity index (χ0v) is 4.76. The van der Waals surface area contributed by atoms with E-state index in [4.69, 9.17) is 0 Å². The van der Waals surface area contributed by atoms with Crippen molar-refractivity contribution in [3.63, 3.8) is 0 Å². The van der Waals surface area contributed by atoms with Crippen molar-refractivity contribution in [2.24, 2.45) is 0 Å². The monoisotopic (exact) mass is 109 g/mol. The second kappa shape index (κ2) is 2.65. The molecule has 0 heterocycles. The van der Waals surface area contributed by atoms with Gasteiger partial charge < -0.3 is 0 Å². The Bertz CT molecular complexity index is 114. The Kier molecular flexibility index (Phi) is 1.84. The molecule has 0 aromatic carbocycles. The molecule has 8 heavy (non-hydrogen) atoms. The van der Waals surface area contributed by atoms with Crippen LogP contribution in [0.25, 0.3) is 0 Å². The van der Waals surface area contributed by atoms with Gasteiger partial charge in [-0.3, -0.25) is 4.79 Å². The van der Waals surface area contributed by atoms with Gasteiger partial charge in [-0.05, 0) is 31.3 Å². The van der Waals surface area contributed by atoms with Crippen molar-refractivity contribution in [2.45, 2.75) is 19.3 Å². The van der Waals surface area contributed by atoms with Gasteiger partial charge in [-0.15, -0.1) is 0 Å². The topological polar surface area (TPSA) is 17.1 Å². The fourth-order valence-corrected chi connectivity index (χ4v) is 0.840. The number of allylic oxidation sites excluding steroid dienone is 2. The van der Waals surface area contributed by atoms with E-state index < -0.39 is 0 Å². The van der Waals surface area contributed by atoms with Gasteiger partial charge in [0.15, 0.2) is 0 Å². The predicted molar refractivity (Wildman–Crippen MR) is 32.3 cm³/mol. The highest BCUT2D eigenvalue weighted by atomic mass is 16.1. The van der Waals surface area contributed by atoms with Gasteiger partial charge in [0.25, 0.3) is 0 Å². The first-order valence-corrected chi connectivity index (χ1v) is 2.91. The molecule has 0 aromatic rings.